The second-order valence-electron chi connectivity index (χ2n) is 4.76. The highest BCUT2D eigenvalue weighted by atomic mass is 19.1. The van der Waals surface area contributed by atoms with Crippen LogP contribution in [-0.4, -0.2) is 23.3 Å². The van der Waals surface area contributed by atoms with Crippen LogP contribution in [0.5, 0.6) is 5.75 Å². The molecule has 0 aliphatic rings. The van der Waals surface area contributed by atoms with Gasteiger partial charge >= 0.3 is 5.69 Å². The first kappa shape index (κ1) is 17.9. The highest BCUT2D eigenvalue weighted by molar-refractivity contribution is 5.99. The highest BCUT2D eigenvalue weighted by Gasteiger charge is 2.19. The van der Waals surface area contributed by atoms with Crippen molar-refractivity contribution in [3.8, 4) is 5.75 Å². The number of nitrogens with one attached hydrogen (secondary N) is 2. The summed E-state index contributed by atoms with van der Waals surface area (Å²) in [6.45, 7) is 1.90. The summed E-state index contributed by atoms with van der Waals surface area (Å²) >= 11 is 0. The fraction of sp³-hybridized carbons (Fsp3) is 0.125. The standard InChI is InChI=1S/C16H14FN3O5/c1-2-25-14-8-7-10(9-13(14)20(23)24)15(21)18-19-16(22)11-5-3-4-6-12(11)17/h3-9H,2H2,1H3,(H,18,21)(H,19,22). The number of hydrogen-bond acceptors (Lipinski definition) is 5. The van der Waals surface area contributed by atoms with Crippen molar-refractivity contribution in [2.45, 2.75) is 6.92 Å². The third kappa shape index (κ3) is 4.28. The largest absolute Gasteiger partial charge is 0.487 e. The summed E-state index contributed by atoms with van der Waals surface area (Å²) in [6.07, 6.45) is 0. The lowest BCUT2D eigenvalue weighted by Crippen LogP contribution is -2.41. The second-order valence-corrected chi connectivity index (χ2v) is 4.76. The molecule has 2 amide bonds. The number of amides is 2. The maximum Gasteiger partial charge on any atom is 0.311 e. The van der Waals surface area contributed by atoms with E-state index in [9.17, 15) is 24.1 Å². The van der Waals surface area contributed by atoms with Crippen LogP contribution in [0.3, 0.4) is 0 Å². The number of rotatable bonds is 5. The van der Waals surface area contributed by atoms with E-state index in [1.54, 1.807) is 6.92 Å². The van der Waals surface area contributed by atoms with Gasteiger partial charge in [-0.3, -0.25) is 30.6 Å². The molecule has 9 heteroatoms. The van der Waals surface area contributed by atoms with Crippen LogP contribution in [0.25, 0.3) is 0 Å². The molecular weight excluding hydrogens is 333 g/mol. The van der Waals surface area contributed by atoms with Gasteiger partial charge in [0, 0.05) is 11.6 Å². The number of hydrazine groups is 1. The first-order valence-electron chi connectivity index (χ1n) is 7.20. The molecule has 2 rings (SSSR count). The summed E-state index contributed by atoms with van der Waals surface area (Å²) in [5.41, 5.74) is 3.43. The molecule has 0 radical (unpaired) electrons. The van der Waals surface area contributed by atoms with Crippen molar-refractivity contribution in [3.05, 3.63) is 69.5 Å². The van der Waals surface area contributed by atoms with E-state index in [-0.39, 0.29) is 29.2 Å². The highest BCUT2D eigenvalue weighted by Crippen LogP contribution is 2.27. The van der Waals surface area contributed by atoms with Gasteiger partial charge in [0.15, 0.2) is 5.75 Å². The van der Waals surface area contributed by atoms with Gasteiger partial charge in [-0.2, -0.15) is 0 Å². The van der Waals surface area contributed by atoms with E-state index in [2.05, 4.69) is 5.43 Å². The lowest BCUT2D eigenvalue weighted by Gasteiger charge is -2.09. The third-order valence-corrected chi connectivity index (χ3v) is 3.13. The second kappa shape index (κ2) is 7.86. The van der Waals surface area contributed by atoms with Crippen LogP contribution >= 0.6 is 0 Å². The number of ether oxygens (including phenoxy) is 1. The summed E-state index contributed by atoms with van der Waals surface area (Å²) in [6, 6.07) is 8.86. The normalized spacial score (nSPS) is 10.0. The molecule has 0 spiro atoms. The third-order valence-electron chi connectivity index (χ3n) is 3.13. The van der Waals surface area contributed by atoms with Crippen molar-refractivity contribution in [1.82, 2.24) is 10.9 Å². The van der Waals surface area contributed by atoms with Crippen LogP contribution in [0.15, 0.2) is 42.5 Å². The van der Waals surface area contributed by atoms with Gasteiger partial charge < -0.3 is 4.74 Å². The first-order valence-corrected chi connectivity index (χ1v) is 7.20. The summed E-state index contributed by atoms with van der Waals surface area (Å²) in [5.74, 6) is -2.37. The Hall–Kier alpha value is -3.49. The summed E-state index contributed by atoms with van der Waals surface area (Å²) in [5, 5.41) is 11.0. The number of nitro groups is 1. The maximum absolute atomic E-state index is 13.5. The van der Waals surface area contributed by atoms with E-state index < -0.39 is 22.6 Å². The van der Waals surface area contributed by atoms with Crippen LogP contribution in [0.1, 0.15) is 27.6 Å². The zero-order chi connectivity index (χ0) is 18.4. The molecular formula is C16H14FN3O5. The van der Waals surface area contributed by atoms with Gasteiger partial charge in [-0.05, 0) is 31.2 Å². The molecule has 0 fully saturated rings. The minimum Gasteiger partial charge on any atom is -0.487 e. The van der Waals surface area contributed by atoms with Crippen molar-refractivity contribution in [3.63, 3.8) is 0 Å². The lowest BCUT2D eigenvalue weighted by atomic mass is 10.2. The Balaban J connectivity index is 2.11. The van der Waals surface area contributed by atoms with E-state index in [1.807, 2.05) is 5.43 Å². The minimum absolute atomic E-state index is 0.0273. The Morgan fingerprint density at radius 3 is 2.48 bits per heavy atom. The maximum atomic E-state index is 13.5. The molecule has 130 valence electrons. The molecule has 0 saturated heterocycles. The number of halogens is 1. The summed E-state index contributed by atoms with van der Waals surface area (Å²) < 4.78 is 18.6. The van der Waals surface area contributed by atoms with E-state index in [1.165, 1.54) is 30.3 Å². The zero-order valence-corrected chi connectivity index (χ0v) is 13.1. The average Bonchev–Trinajstić information content (AvgIpc) is 2.60. The summed E-state index contributed by atoms with van der Waals surface area (Å²) in [4.78, 5) is 34.2. The number of nitro benzene ring substituents is 1. The van der Waals surface area contributed by atoms with Crippen LogP contribution in [-0.2, 0) is 0 Å². The topological polar surface area (TPSA) is 111 Å². The zero-order valence-electron chi connectivity index (χ0n) is 13.1. The van der Waals surface area contributed by atoms with Gasteiger partial charge in [-0.15, -0.1) is 0 Å². The lowest BCUT2D eigenvalue weighted by molar-refractivity contribution is -0.385. The van der Waals surface area contributed by atoms with Crippen LogP contribution in [0.4, 0.5) is 10.1 Å². The quantitative estimate of drug-likeness (QED) is 0.636. The minimum atomic E-state index is -0.855. The number of nitrogens with zero attached hydrogens (tertiary/aromatic N) is 1. The molecule has 0 bridgehead atoms. The molecule has 8 nitrogen and oxygen atoms in total. The van der Waals surface area contributed by atoms with E-state index >= 15 is 0 Å². The number of hydrogen-bond donors (Lipinski definition) is 2. The molecule has 0 aliphatic heterocycles. The van der Waals surface area contributed by atoms with Crippen molar-refractivity contribution in [2.75, 3.05) is 6.61 Å². The van der Waals surface area contributed by atoms with Gasteiger partial charge in [0.05, 0.1) is 17.1 Å². The van der Waals surface area contributed by atoms with Crippen molar-refractivity contribution in [2.24, 2.45) is 0 Å². The van der Waals surface area contributed by atoms with E-state index in [0.29, 0.717) is 0 Å². The molecule has 0 atom stereocenters. The molecule has 2 N–H and O–H groups in total. The molecule has 0 saturated carbocycles. The van der Waals surface area contributed by atoms with Crippen molar-refractivity contribution >= 4 is 17.5 Å². The smallest absolute Gasteiger partial charge is 0.311 e. The van der Waals surface area contributed by atoms with Crippen LogP contribution in [0.2, 0.25) is 0 Å². The van der Waals surface area contributed by atoms with Gasteiger partial charge in [-0.1, -0.05) is 12.1 Å². The molecule has 2 aromatic carbocycles. The van der Waals surface area contributed by atoms with Crippen molar-refractivity contribution in [1.29, 1.82) is 0 Å². The Labute approximate surface area is 141 Å². The van der Waals surface area contributed by atoms with Gasteiger partial charge in [-0.25, -0.2) is 4.39 Å². The molecule has 25 heavy (non-hydrogen) atoms. The van der Waals surface area contributed by atoms with E-state index in [0.717, 1.165) is 12.1 Å². The Bertz CT molecular complexity index is 825. The molecule has 0 aromatic heterocycles. The Kier molecular flexibility index (Phi) is 5.62. The number of carbonyl (C=O) groups excluding carboxylic acids is 2. The predicted octanol–water partition coefficient (Wildman–Crippen LogP) is 2.21. The van der Waals surface area contributed by atoms with Crippen molar-refractivity contribution < 1.29 is 23.6 Å². The van der Waals surface area contributed by atoms with E-state index in [4.69, 9.17) is 4.74 Å². The van der Waals surface area contributed by atoms with Gasteiger partial charge in [0.1, 0.15) is 5.82 Å². The number of benzene rings is 2. The first-order chi connectivity index (χ1) is 11.9. The van der Waals surface area contributed by atoms with Crippen LogP contribution in [0, 0.1) is 15.9 Å². The SMILES string of the molecule is CCOc1ccc(C(=O)NNC(=O)c2ccccc2F)cc1[N+](=O)[O-]. The Morgan fingerprint density at radius 2 is 1.84 bits per heavy atom. The Morgan fingerprint density at radius 1 is 1.16 bits per heavy atom. The molecule has 2 aromatic rings. The summed E-state index contributed by atoms with van der Waals surface area (Å²) in [7, 11) is 0. The average molecular weight is 347 g/mol. The molecule has 0 aliphatic carbocycles. The molecule has 0 heterocycles. The van der Waals surface area contributed by atoms with Crippen LogP contribution < -0.4 is 15.6 Å². The number of carbonyl (C=O) groups is 2. The molecule has 0 unspecified atom stereocenters. The fourth-order valence-corrected chi connectivity index (χ4v) is 1.98. The fourth-order valence-electron chi connectivity index (χ4n) is 1.98. The predicted molar refractivity (Wildman–Crippen MR) is 85.6 cm³/mol. The van der Waals surface area contributed by atoms with Gasteiger partial charge in [0.25, 0.3) is 11.8 Å². The monoisotopic (exact) mass is 347 g/mol. The van der Waals surface area contributed by atoms with Gasteiger partial charge in [0.2, 0.25) is 0 Å².